The van der Waals surface area contributed by atoms with E-state index >= 15 is 0 Å². The number of hydrogen-bond acceptors (Lipinski definition) is 2. The Hall–Kier alpha value is -2.64. The molecule has 8 heteroatoms. The minimum atomic E-state index is -5.18. The largest absolute Gasteiger partial charge is 0.480 e. The number of hydrogen-bond donors (Lipinski definition) is 2. The fraction of sp³-hybridized carbons (Fsp3) is 0.200. The summed E-state index contributed by atoms with van der Waals surface area (Å²) in [5, 5.41) is 11.0. The van der Waals surface area contributed by atoms with E-state index in [1.54, 1.807) is 12.1 Å². The first-order valence-corrected chi connectivity index (χ1v) is 6.46. The van der Waals surface area contributed by atoms with Gasteiger partial charge in [-0.2, -0.15) is 13.2 Å². The van der Waals surface area contributed by atoms with Crippen LogP contribution in [0.2, 0.25) is 0 Å². The number of carboxylic acid groups (broad SMARTS) is 1. The van der Waals surface area contributed by atoms with Crippen molar-refractivity contribution in [3.63, 3.8) is 0 Å². The second-order valence-electron chi connectivity index (χ2n) is 4.82. The van der Waals surface area contributed by atoms with Gasteiger partial charge in [-0.25, -0.2) is 9.18 Å². The summed E-state index contributed by atoms with van der Waals surface area (Å²) in [5.74, 6) is -4.48. The topological polar surface area (TPSA) is 66.4 Å². The highest BCUT2D eigenvalue weighted by Gasteiger charge is 2.40. The maximum atomic E-state index is 13.7. The Morgan fingerprint density at radius 2 is 1.70 bits per heavy atom. The van der Waals surface area contributed by atoms with Crippen LogP contribution in [0.15, 0.2) is 36.4 Å². The average Bonchev–Trinajstić information content (AvgIpc) is 2.48. The van der Waals surface area contributed by atoms with Crippen LogP contribution in [0.5, 0.6) is 0 Å². The number of nitrogens with one attached hydrogen (secondary N) is 1. The van der Waals surface area contributed by atoms with E-state index < -0.39 is 36.3 Å². The second-order valence-corrected chi connectivity index (χ2v) is 4.82. The normalized spacial score (nSPS) is 12.9. The van der Waals surface area contributed by atoms with Gasteiger partial charge >= 0.3 is 18.1 Å². The van der Waals surface area contributed by atoms with Gasteiger partial charge in [-0.1, -0.05) is 30.3 Å². The van der Waals surface area contributed by atoms with Gasteiger partial charge in [-0.05, 0) is 17.0 Å². The summed E-state index contributed by atoms with van der Waals surface area (Å²) in [6.07, 6.45) is -5.59. The van der Waals surface area contributed by atoms with Crippen molar-refractivity contribution in [3.8, 4) is 0 Å². The highest BCUT2D eigenvalue weighted by atomic mass is 19.4. The zero-order chi connectivity index (χ0) is 17.2. The molecule has 0 aliphatic heterocycles. The fourth-order valence-electron chi connectivity index (χ4n) is 2.16. The Balaban J connectivity index is 2.33. The molecule has 23 heavy (non-hydrogen) atoms. The molecule has 0 radical (unpaired) electrons. The van der Waals surface area contributed by atoms with E-state index in [0.29, 0.717) is 10.9 Å². The van der Waals surface area contributed by atoms with Crippen molar-refractivity contribution in [2.75, 3.05) is 0 Å². The highest BCUT2D eigenvalue weighted by Crippen LogP contribution is 2.23. The predicted molar refractivity (Wildman–Crippen MR) is 73.2 cm³/mol. The summed E-state index contributed by atoms with van der Waals surface area (Å²) in [6.45, 7) is 0. The number of carbonyl (C=O) groups is 2. The van der Waals surface area contributed by atoms with Gasteiger partial charge in [0.15, 0.2) is 0 Å². The van der Waals surface area contributed by atoms with E-state index in [-0.39, 0.29) is 5.39 Å². The van der Waals surface area contributed by atoms with Crippen molar-refractivity contribution in [2.24, 2.45) is 0 Å². The standard InChI is InChI=1S/C15H11F4NO3/c16-11-6-5-8(9-3-1-2-4-10(9)11)7-12(13(21)22)20-14(23)15(17,18)19/h1-6,12H,7H2,(H,20,23)(H,21,22)/t12-/m0/s1. The van der Waals surface area contributed by atoms with Crippen LogP contribution in [0.4, 0.5) is 17.6 Å². The van der Waals surface area contributed by atoms with Crippen molar-refractivity contribution in [1.82, 2.24) is 5.32 Å². The minimum Gasteiger partial charge on any atom is -0.480 e. The molecule has 0 saturated heterocycles. The molecule has 0 unspecified atom stereocenters. The Kier molecular flexibility index (Phi) is 4.53. The number of amides is 1. The highest BCUT2D eigenvalue weighted by molar-refractivity contribution is 5.89. The lowest BCUT2D eigenvalue weighted by Gasteiger charge is -2.17. The molecule has 122 valence electrons. The molecule has 0 bridgehead atoms. The van der Waals surface area contributed by atoms with Crippen LogP contribution in [0, 0.1) is 5.82 Å². The van der Waals surface area contributed by atoms with Crippen LogP contribution >= 0.6 is 0 Å². The molecule has 2 aromatic carbocycles. The quantitative estimate of drug-likeness (QED) is 0.848. The van der Waals surface area contributed by atoms with Crippen molar-refractivity contribution < 1.29 is 32.3 Å². The number of benzene rings is 2. The van der Waals surface area contributed by atoms with Crippen molar-refractivity contribution >= 4 is 22.6 Å². The van der Waals surface area contributed by atoms with Crippen LogP contribution in [0.1, 0.15) is 5.56 Å². The maximum Gasteiger partial charge on any atom is 0.471 e. The van der Waals surface area contributed by atoms with Gasteiger partial charge < -0.3 is 10.4 Å². The molecule has 4 nitrogen and oxygen atoms in total. The smallest absolute Gasteiger partial charge is 0.471 e. The summed E-state index contributed by atoms with van der Waals surface area (Å²) >= 11 is 0. The molecule has 0 aromatic heterocycles. The van der Waals surface area contributed by atoms with E-state index in [1.165, 1.54) is 23.5 Å². The van der Waals surface area contributed by atoms with Crippen LogP contribution in [-0.4, -0.2) is 29.2 Å². The summed E-state index contributed by atoms with van der Waals surface area (Å²) < 4.78 is 50.5. The Morgan fingerprint density at radius 3 is 2.26 bits per heavy atom. The summed E-state index contributed by atoms with van der Waals surface area (Å²) in [7, 11) is 0. The molecule has 0 spiro atoms. The summed E-state index contributed by atoms with van der Waals surface area (Å²) in [4.78, 5) is 22.0. The molecular weight excluding hydrogens is 318 g/mol. The number of rotatable bonds is 4. The first-order chi connectivity index (χ1) is 10.7. The minimum absolute atomic E-state index is 0.219. The molecule has 0 aliphatic carbocycles. The lowest BCUT2D eigenvalue weighted by atomic mass is 9.98. The number of aliphatic carboxylic acids is 1. The SMILES string of the molecule is O=C(O)[C@H](Cc1ccc(F)c2ccccc12)NC(=O)C(F)(F)F. The third-order valence-corrected chi connectivity index (χ3v) is 3.25. The van der Waals surface area contributed by atoms with Gasteiger partial charge in [0, 0.05) is 11.8 Å². The molecule has 0 aliphatic rings. The van der Waals surface area contributed by atoms with E-state index in [2.05, 4.69) is 0 Å². The molecule has 1 atom stereocenters. The van der Waals surface area contributed by atoms with Gasteiger partial charge in [-0.15, -0.1) is 0 Å². The molecule has 0 heterocycles. The zero-order valence-electron chi connectivity index (χ0n) is 11.5. The number of carbonyl (C=O) groups excluding carboxylic acids is 1. The molecule has 2 aromatic rings. The molecule has 2 N–H and O–H groups in total. The number of alkyl halides is 3. The van der Waals surface area contributed by atoms with Crippen LogP contribution < -0.4 is 5.32 Å². The third-order valence-electron chi connectivity index (χ3n) is 3.25. The average molecular weight is 329 g/mol. The van der Waals surface area contributed by atoms with Crippen molar-refractivity contribution in [3.05, 3.63) is 47.8 Å². The molecule has 0 saturated carbocycles. The van der Waals surface area contributed by atoms with Gasteiger partial charge in [0.1, 0.15) is 11.9 Å². The van der Waals surface area contributed by atoms with E-state index in [9.17, 15) is 27.2 Å². The number of fused-ring (bicyclic) bond motifs is 1. The monoisotopic (exact) mass is 329 g/mol. The Morgan fingerprint density at radius 1 is 1.09 bits per heavy atom. The van der Waals surface area contributed by atoms with Gasteiger partial charge in [-0.3, -0.25) is 4.79 Å². The van der Waals surface area contributed by atoms with E-state index in [0.717, 1.165) is 6.07 Å². The lowest BCUT2D eigenvalue weighted by molar-refractivity contribution is -0.175. The first kappa shape index (κ1) is 16.7. The van der Waals surface area contributed by atoms with Crippen molar-refractivity contribution in [1.29, 1.82) is 0 Å². The molecular formula is C15H11F4NO3. The van der Waals surface area contributed by atoms with Gasteiger partial charge in [0.25, 0.3) is 0 Å². The molecule has 2 rings (SSSR count). The molecule has 1 amide bonds. The summed E-state index contributed by atoms with van der Waals surface area (Å²) in [6, 6.07) is 6.77. The number of halogens is 4. The van der Waals surface area contributed by atoms with Gasteiger partial charge in [0.05, 0.1) is 0 Å². The maximum absolute atomic E-state index is 13.7. The van der Waals surface area contributed by atoms with Crippen molar-refractivity contribution in [2.45, 2.75) is 18.6 Å². The predicted octanol–water partition coefficient (Wildman–Crippen LogP) is 2.65. The third kappa shape index (κ3) is 3.77. The zero-order valence-corrected chi connectivity index (χ0v) is 11.5. The van der Waals surface area contributed by atoms with E-state index in [1.807, 2.05) is 0 Å². The van der Waals surface area contributed by atoms with Crippen LogP contribution in [-0.2, 0) is 16.0 Å². The van der Waals surface area contributed by atoms with Crippen LogP contribution in [0.3, 0.4) is 0 Å². The Labute approximate surface area is 127 Å². The second kappa shape index (κ2) is 6.23. The first-order valence-electron chi connectivity index (χ1n) is 6.46. The van der Waals surface area contributed by atoms with Crippen LogP contribution in [0.25, 0.3) is 10.8 Å². The Bertz CT molecular complexity index is 758. The fourth-order valence-corrected chi connectivity index (χ4v) is 2.16. The number of carboxylic acids is 1. The molecule has 0 fully saturated rings. The van der Waals surface area contributed by atoms with E-state index in [4.69, 9.17) is 5.11 Å². The summed E-state index contributed by atoms with van der Waals surface area (Å²) in [5.41, 5.74) is 0.317. The van der Waals surface area contributed by atoms with Gasteiger partial charge in [0.2, 0.25) is 0 Å². The lowest BCUT2D eigenvalue weighted by Crippen LogP contribution is -2.47.